The van der Waals surface area contributed by atoms with Crippen LogP contribution in [0.2, 0.25) is 0 Å². The van der Waals surface area contributed by atoms with Gasteiger partial charge in [-0.25, -0.2) is 0 Å². The molecule has 2 aliphatic heterocycles. The molecule has 0 aromatic heterocycles. The van der Waals surface area contributed by atoms with Gasteiger partial charge in [-0.15, -0.1) is 0 Å². The molecule has 6 nitrogen and oxygen atoms in total. The lowest BCUT2D eigenvalue weighted by atomic mass is 9.41. The van der Waals surface area contributed by atoms with Crippen molar-refractivity contribution >= 4 is 12.3 Å². The van der Waals surface area contributed by atoms with Crippen LogP contribution in [0.4, 0.5) is 0 Å². The number of carbonyl (C=O) groups is 2. The van der Waals surface area contributed by atoms with Gasteiger partial charge in [0, 0.05) is 18.0 Å². The minimum atomic E-state index is -1.17. The van der Waals surface area contributed by atoms with Gasteiger partial charge >= 0.3 is 5.97 Å². The third kappa shape index (κ3) is 3.98. The van der Waals surface area contributed by atoms with Crippen LogP contribution < -0.4 is 0 Å². The van der Waals surface area contributed by atoms with Crippen molar-refractivity contribution < 1.29 is 24.5 Å². The number of ether oxygens (including phenoxy) is 1. The van der Waals surface area contributed by atoms with Crippen molar-refractivity contribution in [3.05, 3.63) is 11.6 Å². The van der Waals surface area contributed by atoms with Gasteiger partial charge in [0.25, 0.3) is 0 Å². The maximum absolute atomic E-state index is 14.0. The number of aliphatic hydroxyl groups is 1. The van der Waals surface area contributed by atoms with E-state index in [1.54, 1.807) is 0 Å². The fraction of sp³-hybridized carbons (Fsp3) is 0.886. The average molecular weight is 570 g/mol. The van der Waals surface area contributed by atoms with Crippen LogP contribution in [0.1, 0.15) is 105 Å². The second kappa shape index (κ2) is 11.0. The van der Waals surface area contributed by atoms with Gasteiger partial charge in [-0.2, -0.15) is 0 Å². The number of hydrogen-bond acceptors (Lipinski definition) is 5. The van der Waals surface area contributed by atoms with Crippen LogP contribution in [0, 0.1) is 51.8 Å². The standard InChI is InChI=1S/C35H55NO5/c1-5-6-7-10-24-15-31(41-30(24)19-36-14-9-8-11-26(36)20-37)34-18-27-23(4)12-13-28(27)33(21-38)17-25(34)16-29(22(2)3)35(33,34)32(39)40/h16,21-28,30-31,37H,5-15,17-20H2,1-4H3,(H,39,40)/t23-,24?,25?,26?,27-,28-,30?,31?,33?,34?,35+/m1/s1. The fourth-order valence-corrected chi connectivity index (χ4v) is 11.9. The summed E-state index contributed by atoms with van der Waals surface area (Å²) >= 11 is 0. The Hall–Kier alpha value is -1.24. The first kappa shape index (κ1) is 29.8. The Morgan fingerprint density at radius 1 is 1.20 bits per heavy atom. The second-order valence-electron chi connectivity index (χ2n) is 15.4. The van der Waals surface area contributed by atoms with Gasteiger partial charge in [-0.3, -0.25) is 9.69 Å². The molecule has 0 spiro atoms. The number of unbranched alkanes of at least 4 members (excludes halogenated alkanes) is 2. The maximum atomic E-state index is 14.0. The number of aldehydes is 1. The van der Waals surface area contributed by atoms with E-state index in [-0.39, 0.29) is 42.6 Å². The van der Waals surface area contributed by atoms with E-state index >= 15 is 0 Å². The lowest BCUT2D eigenvalue weighted by Crippen LogP contribution is -2.65. The summed E-state index contributed by atoms with van der Waals surface area (Å²) in [7, 11) is 0. The Morgan fingerprint density at radius 2 is 2.00 bits per heavy atom. The number of aliphatic hydroxyl groups excluding tert-OH is 1. The van der Waals surface area contributed by atoms with Crippen molar-refractivity contribution in [2.24, 2.45) is 51.8 Å². The number of fused-ring (bicyclic) bond motifs is 2. The largest absolute Gasteiger partial charge is 0.481 e. The first-order chi connectivity index (χ1) is 19.7. The van der Waals surface area contributed by atoms with Crippen LogP contribution in [-0.4, -0.2) is 65.3 Å². The molecule has 230 valence electrons. The molecule has 6 rings (SSSR count). The predicted molar refractivity (Wildman–Crippen MR) is 159 cm³/mol. The van der Waals surface area contributed by atoms with E-state index in [4.69, 9.17) is 4.74 Å². The van der Waals surface area contributed by atoms with Crippen molar-refractivity contribution in [3.63, 3.8) is 0 Å². The smallest absolute Gasteiger partial charge is 0.315 e. The van der Waals surface area contributed by atoms with E-state index in [0.29, 0.717) is 24.2 Å². The van der Waals surface area contributed by atoms with Crippen molar-refractivity contribution in [2.75, 3.05) is 19.7 Å². The maximum Gasteiger partial charge on any atom is 0.315 e. The molecule has 4 aliphatic carbocycles. The fourth-order valence-electron chi connectivity index (χ4n) is 11.9. The Morgan fingerprint density at radius 3 is 2.68 bits per heavy atom. The number of rotatable bonds is 11. The van der Waals surface area contributed by atoms with Gasteiger partial charge in [0.2, 0.25) is 0 Å². The van der Waals surface area contributed by atoms with Crippen LogP contribution in [0.15, 0.2) is 11.6 Å². The summed E-state index contributed by atoms with van der Waals surface area (Å²) < 4.78 is 7.28. The molecule has 4 bridgehead atoms. The highest BCUT2D eigenvalue weighted by molar-refractivity contribution is 5.90. The molecule has 2 saturated heterocycles. The van der Waals surface area contributed by atoms with Gasteiger partial charge in [0.1, 0.15) is 11.7 Å². The first-order valence-corrected chi connectivity index (χ1v) is 17.1. The minimum Gasteiger partial charge on any atom is -0.481 e. The lowest BCUT2D eigenvalue weighted by molar-refractivity contribution is -0.198. The summed E-state index contributed by atoms with van der Waals surface area (Å²) in [5, 5.41) is 21.6. The highest BCUT2D eigenvalue weighted by Crippen LogP contribution is 2.84. The van der Waals surface area contributed by atoms with Crippen LogP contribution in [0.3, 0.4) is 0 Å². The number of carbonyl (C=O) groups excluding carboxylic acids is 1. The van der Waals surface area contributed by atoms with Crippen LogP contribution in [0.25, 0.3) is 0 Å². The molecule has 41 heavy (non-hydrogen) atoms. The number of aliphatic carboxylic acids is 1. The van der Waals surface area contributed by atoms with E-state index in [1.807, 2.05) is 0 Å². The molecular formula is C35H55NO5. The summed E-state index contributed by atoms with van der Waals surface area (Å²) in [6.07, 6.45) is 15.9. The van der Waals surface area contributed by atoms with Gasteiger partial charge < -0.3 is 19.7 Å². The highest BCUT2D eigenvalue weighted by Gasteiger charge is 2.86. The summed E-state index contributed by atoms with van der Waals surface area (Å²) in [6, 6.07) is 0.195. The molecule has 11 atom stereocenters. The third-order valence-electron chi connectivity index (χ3n) is 13.5. The summed E-state index contributed by atoms with van der Waals surface area (Å²) in [6.45, 7) is 10.9. The number of hydrogen-bond donors (Lipinski definition) is 2. The Balaban J connectivity index is 1.42. The molecule has 2 N–H and O–H groups in total. The molecular weight excluding hydrogens is 514 g/mol. The number of allylic oxidation sites excluding steroid dienone is 1. The normalized spacial score (nSPS) is 47.1. The van der Waals surface area contributed by atoms with Crippen LogP contribution in [0.5, 0.6) is 0 Å². The molecule has 7 unspecified atom stereocenters. The molecule has 0 amide bonds. The quantitative estimate of drug-likeness (QED) is 0.177. The minimum absolute atomic E-state index is 0.0519. The van der Waals surface area contributed by atoms with Gasteiger partial charge in [0.15, 0.2) is 0 Å². The van der Waals surface area contributed by atoms with Crippen molar-refractivity contribution in [3.8, 4) is 0 Å². The zero-order valence-corrected chi connectivity index (χ0v) is 26.0. The second-order valence-corrected chi connectivity index (χ2v) is 15.4. The summed E-state index contributed by atoms with van der Waals surface area (Å²) in [5.41, 5.74) is -1.55. The van der Waals surface area contributed by atoms with E-state index in [9.17, 15) is 19.8 Å². The molecule has 6 aliphatic rings. The molecule has 2 heterocycles. The van der Waals surface area contributed by atoms with Crippen molar-refractivity contribution in [1.82, 2.24) is 4.90 Å². The van der Waals surface area contributed by atoms with E-state index in [1.165, 1.54) is 25.7 Å². The van der Waals surface area contributed by atoms with Gasteiger partial charge in [0.05, 0.1) is 24.2 Å². The number of piperidine rings is 1. The van der Waals surface area contributed by atoms with Gasteiger partial charge in [-0.1, -0.05) is 71.4 Å². The summed E-state index contributed by atoms with van der Waals surface area (Å²) in [5.74, 6) is 0.845. The highest BCUT2D eigenvalue weighted by atomic mass is 16.5. The molecule has 5 fully saturated rings. The molecule has 0 radical (unpaired) electrons. The zero-order chi connectivity index (χ0) is 29.2. The van der Waals surface area contributed by atoms with Crippen LogP contribution >= 0.6 is 0 Å². The first-order valence-electron chi connectivity index (χ1n) is 17.1. The van der Waals surface area contributed by atoms with E-state index < -0.39 is 22.2 Å². The van der Waals surface area contributed by atoms with E-state index in [2.05, 4.69) is 38.7 Å². The predicted octanol–water partition coefficient (Wildman–Crippen LogP) is 6.11. The van der Waals surface area contributed by atoms with E-state index in [0.717, 1.165) is 69.9 Å². The SMILES string of the molecule is CCCCCC1CC(C23C[C@@H]4[C@H](C)CC[C@H]4C4(C=O)CC2C=C(C(C)C)[C@@]34C(=O)O)OC1CN1CCCCC1CO. The number of nitrogens with zero attached hydrogens (tertiary/aromatic N) is 1. The molecule has 0 aromatic carbocycles. The third-order valence-corrected chi connectivity index (χ3v) is 13.5. The molecule has 0 aromatic rings. The average Bonchev–Trinajstić information content (AvgIpc) is 3.66. The van der Waals surface area contributed by atoms with Gasteiger partial charge in [-0.05, 0) is 87.0 Å². The van der Waals surface area contributed by atoms with Crippen molar-refractivity contribution in [2.45, 2.75) is 123 Å². The monoisotopic (exact) mass is 569 g/mol. The Kier molecular flexibility index (Phi) is 8.03. The number of likely N-dealkylation sites (tertiary alicyclic amines) is 1. The summed E-state index contributed by atoms with van der Waals surface area (Å²) in [4.78, 5) is 29.9. The van der Waals surface area contributed by atoms with Crippen molar-refractivity contribution in [1.29, 1.82) is 0 Å². The lowest BCUT2D eigenvalue weighted by Gasteiger charge is -2.60. The number of carboxylic acid groups (broad SMARTS) is 1. The molecule has 6 heteroatoms. The topological polar surface area (TPSA) is 87.1 Å². The molecule has 3 saturated carbocycles. The Labute approximate surface area is 247 Å². The van der Waals surface area contributed by atoms with Crippen LogP contribution in [-0.2, 0) is 14.3 Å². The number of carboxylic acids is 1. The zero-order valence-electron chi connectivity index (χ0n) is 26.0. The Bertz CT molecular complexity index is 1040.